The SMILES string of the molecule is O=C(CCc1ccco1)N(Cc1ccncc1)C1CC1. The molecule has 0 aliphatic heterocycles. The molecule has 1 saturated carbocycles. The Balaban J connectivity index is 1.60. The third-order valence-corrected chi connectivity index (χ3v) is 3.58. The first kappa shape index (κ1) is 12.9. The summed E-state index contributed by atoms with van der Waals surface area (Å²) >= 11 is 0. The number of nitrogens with zero attached hydrogens (tertiary/aromatic N) is 2. The average Bonchev–Trinajstić information content (AvgIpc) is 3.19. The summed E-state index contributed by atoms with van der Waals surface area (Å²) in [6.07, 6.45) is 8.62. The fraction of sp³-hybridized carbons (Fsp3) is 0.375. The molecule has 1 amide bonds. The quantitative estimate of drug-likeness (QED) is 0.811. The van der Waals surface area contributed by atoms with Gasteiger partial charge in [-0.05, 0) is 42.7 Å². The molecule has 0 unspecified atom stereocenters. The molecule has 0 bridgehead atoms. The monoisotopic (exact) mass is 270 g/mol. The van der Waals surface area contributed by atoms with Crippen molar-refractivity contribution < 1.29 is 9.21 Å². The van der Waals surface area contributed by atoms with Crippen LogP contribution in [0.1, 0.15) is 30.6 Å². The third-order valence-electron chi connectivity index (χ3n) is 3.58. The molecular formula is C16H18N2O2. The number of amides is 1. The molecular weight excluding hydrogens is 252 g/mol. The van der Waals surface area contributed by atoms with Crippen LogP contribution in [0.3, 0.4) is 0 Å². The summed E-state index contributed by atoms with van der Waals surface area (Å²) in [4.78, 5) is 18.4. The van der Waals surface area contributed by atoms with Gasteiger partial charge in [-0.3, -0.25) is 9.78 Å². The van der Waals surface area contributed by atoms with Crippen molar-refractivity contribution in [2.75, 3.05) is 0 Å². The second kappa shape index (κ2) is 5.90. The van der Waals surface area contributed by atoms with E-state index in [1.54, 1.807) is 18.7 Å². The van der Waals surface area contributed by atoms with E-state index in [0.29, 0.717) is 25.4 Å². The van der Waals surface area contributed by atoms with E-state index in [-0.39, 0.29) is 5.91 Å². The Morgan fingerprint density at radius 2 is 2.10 bits per heavy atom. The van der Waals surface area contributed by atoms with Crippen LogP contribution in [-0.2, 0) is 17.8 Å². The fourth-order valence-electron chi connectivity index (χ4n) is 2.32. The van der Waals surface area contributed by atoms with E-state index in [1.807, 2.05) is 29.2 Å². The molecule has 2 aromatic heterocycles. The second-order valence-corrected chi connectivity index (χ2v) is 5.19. The highest BCUT2D eigenvalue weighted by atomic mass is 16.3. The molecule has 0 saturated heterocycles. The fourth-order valence-corrected chi connectivity index (χ4v) is 2.32. The lowest BCUT2D eigenvalue weighted by atomic mass is 10.2. The molecule has 20 heavy (non-hydrogen) atoms. The summed E-state index contributed by atoms with van der Waals surface area (Å²) in [6, 6.07) is 8.13. The highest BCUT2D eigenvalue weighted by Gasteiger charge is 2.32. The van der Waals surface area contributed by atoms with Crippen LogP contribution in [0, 0.1) is 0 Å². The molecule has 0 atom stereocenters. The minimum Gasteiger partial charge on any atom is -0.469 e. The van der Waals surface area contributed by atoms with Gasteiger partial charge in [-0.25, -0.2) is 0 Å². The average molecular weight is 270 g/mol. The number of hydrogen-bond donors (Lipinski definition) is 0. The van der Waals surface area contributed by atoms with Crippen molar-refractivity contribution in [3.63, 3.8) is 0 Å². The van der Waals surface area contributed by atoms with Crippen LogP contribution >= 0.6 is 0 Å². The van der Waals surface area contributed by atoms with Crippen LogP contribution in [0.2, 0.25) is 0 Å². The number of pyridine rings is 1. The molecule has 4 heteroatoms. The van der Waals surface area contributed by atoms with Gasteiger partial charge in [0.1, 0.15) is 5.76 Å². The Bertz CT molecular complexity index is 547. The Morgan fingerprint density at radius 1 is 1.30 bits per heavy atom. The Morgan fingerprint density at radius 3 is 2.75 bits per heavy atom. The number of hydrogen-bond acceptors (Lipinski definition) is 3. The van der Waals surface area contributed by atoms with Gasteiger partial charge in [0.2, 0.25) is 5.91 Å². The van der Waals surface area contributed by atoms with Crippen LogP contribution in [0.25, 0.3) is 0 Å². The lowest BCUT2D eigenvalue weighted by Crippen LogP contribution is -2.32. The first-order chi connectivity index (χ1) is 9.83. The summed E-state index contributed by atoms with van der Waals surface area (Å²) < 4.78 is 5.28. The lowest BCUT2D eigenvalue weighted by Gasteiger charge is -2.22. The summed E-state index contributed by atoms with van der Waals surface area (Å²) in [6.45, 7) is 0.685. The number of aryl methyl sites for hydroxylation is 1. The number of furan rings is 1. The zero-order chi connectivity index (χ0) is 13.8. The second-order valence-electron chi connectivity index (χ2n) is 5.19. The Kier molecular flexibility index (Phi) is 3.81. The molecule has 0 aromatic carbocycles. The Labute approximate surface area is 118 Å². The van der Waals surface area contributed by atoms with Crippen LogP contribution in [-0.4, -0.2) is 21.8 Å². The highest BCUT2D eigenvalue weighted by Crippen LogP contribution is 2.29. The molecule has 2 heterocycles. The molecule has 0 spiro atoms. The molecule has 0 N–H and O–H groups in total. The van der Waals surface area contributed by atoms with Crippen molar-refractivity contribution in [2.45, 2.75) is 38.3 Å². The highest BCUT2D eigenvalue weighted by molar-refractivity contribution is 5.77. The van der Waals surface area contributed by atoms with Gasteiger partial charge in [-0.1, -0.05) is 0 Å². The standard InChI is InChI=1S/C16H18N2O2/c19-16(6-5-15-2-1-11-20-15)18(14-3-4-14)12-13-7-9-17-10-8-13/h1-2,7-11,14H,3-6,12H2. The van der Waals surface area contributed by atoms with E-state index in [0.717, 1.165) is 24.2 Å². The van der Waals surface area contributed by atoms with Gasteiger partial charge in [0.25, 0.3) is 0 Å². The van der Waals surface area contributed by atoms with Gasteiger partial charge >= 0.3 is 0 Å². The van der Waals surface area contributed by atoms with Crippen molar-refractivity contribution in [1.82, 2.24) is 9.88 Å². The lowest BCUT2D eigenvalue weighted by molar-refractivity contribution is -0.132. The molecule has 104 valence electrons. The van der Waals surface area contributed by atoms with Gasteiger partial charge in [-0.15, -0.1) is 0 Å². The molecule has 2 aromatic rings. The van der Waals surface area contributed by atoms with Crippen molar-refractivity contribution in [3.05, 3.63) is 54.2 Å². The topological polar surface area (TPSA) is 46.3 Å². The Hall–Kier alpha value is -2.10. The first-order valence-electron chi connectivity index (χ1n) is 7.03. The molecule has 1 aliphatic carbocycles. The molecule has 1 aliphatic rings. The van der Waals surface area contributed by atoms with Gasteiger partial charge in [0.15, 0.2) is 0 Å². The largest absolute Gasteiger partial charge is 0.469 e. The summed E-state index contributed by atoms with van der Waals surface area (Å²) in [5.74, 6) is 1.08. The number of carbonyl (C=O) groups is 1. The van der Waals surface area contributed by atoms with Gasteiger partial charge < -0.3 is 9.32 Å². The molecule has 3 rings (SSSR count). The predicted octanol–water partition coefficient (Wildman–Crippen LogP) is 2.80. The van der Waals surface area contributed by atoms with Crippen molar-refractivity contribution >= 4 is 5.91 Å². The maximum atomic E-state index is 12.4. The van der Waals surface area contributed by atoms with Crippen LogP contribution in [0.4, 0.5) is 0 Å². The van der Waals surface area contributed by atoms with E-state index >= 15 is 0 Å². The van der Waals surface area contributed by atoms with Gasteiger partial charge in [0.05, 0.1) is 6.26 Å². The minimum absolute atomic E-state index is 0.209. The minimum atomic E-state index is 0.209. The van der Waals surface area contributed by atoms with E-state index in [1.165, 1.54) is 0 Å². The molecule has 1 fully saturated rings. The normalized spacial score (nSPS) is 14.2. The molecule has 4 nitrogen and oxygen atoms in total. The summed E-state index contributed by atoms with van der Waals surface area (Å²) in [5, 5.41) is 0. The smallest absolute Gasteiger partial charge is 0.223 e. The number of carbonyl (C=O) groups excluding carboxylic acids is 1. The maximum Gasteiger partial charge on any atom is 0.223 e. The van der Waals surface area contributed by atoms with E-state index in [4.69, 9.17) is 4.42 Å². The van der Waals surface area contributed by atoms with E-state index < -0.39 is 0 Å². The summed E-state index contributed by atoms with van der Waals surface area (Å²) in [5.41, 5.74) is 1.14. The third kappa shape index (κ3) is 3.26. The van der Waals surface area contributed by atoms with E-state index in [2.05, 4.69) is 4.98 Å². The maximum absolute atomic E-state index is 12.4. The van der Waals surface area contributed by atoms with E-state index in [9.17, 15) is 4.79 Å². The van der Waals surface area contributed by atoms with Gasteiger partial charge in [0, 0.05) is 37.8 Å². The summed E-state index contributed by atoms with van der Waals surface area (Å²) in [7, 11) is 0. The van der Waals surface area contributed by atoms with Gasteiger partial charge in [-0.2, -0.15) is 0 Å². The first-order valence-corrected chi connectivity index (χ1v) is 7.03. The van der Waals surface area contributed by atoms with Crippen molar-refractivity contribution in [3.8, 4) is 0 Å². The number of aromatic nitrogens is 1. The van der Waals surface area contributed by atoms with Crippen molar-refractivity contribution in [2.24, 2.45) is 0 Å². The predicted molar refractivity (Wildman–Crippen MR) is 74.8 cm³/mol. The molecule has 0 radical (unpaired) electrons. The van der Waals surface area contributed by atoms with Crippen LogP contribution < -0.4 is 0 Å². The zero-order valence-corrected chi connectivity index (χ0v) is 11.4. The number of rotatable bonds is 6. The van der Waals surface area contributed by atoms with Crippen molar-refractivity contribution in [1.29, 1.82) is 0 Å². The van der Waals surface area contributed by atoms with Crippen LogP contribution in [0.15, 0.2) is 47.3 Å². The van der Waals surface area contributed by atoms with Crippen LogP contribution in [0.5, 0.6) is 0 Å². The zero-order valence-electron chi connectivity index (χ0n) is 11.4.